The Morgan fingerprint density at radius 2 is 1.56 bits per heavy atom. The molecular weight excluding hydrogens is 424 g/mol. The van der Waals surface area contributed by atoms with E-state index in [0.29, 0.717) is 11.8 Å². The van der Waals surface area contributed by atoms with E-state index < -0.39 is 17.8 Å². The average Bonchev–Trinajstić information content (AvgIpc) is 3.01. The van der Waals surface area contributed by atoms with Crippen LogP contribution in [0.4, 0.5) is 0 Å². The Hall–Kier alpha value is -0.420. The van der Waals surface area contributed by atoms with Gasteiger partial charge in [0.05, 0.1) is 23.9 Å². The van der Waals surface area contributed by atoms with Gasteiger partial charge in [-0.25, -0.2) is 0 Å². The normalized spacial score (nSPS) is 44.6. The molecule has 196 valence electrons. The van der Waals surface area contributed by atoms with Gasteiger partial charge in [-0.15, -0.1) is 0 Å². The summed E-state index contributed by atoms with van der Waals surface area (Å²) in [5.74, 6) is 1.03. The molecule has 4 unspecified atom stereocenters. The van der Waals surface area contributed by atoms with Gasteiger partial charge in [0.2, 0.25) is 0 Å². The fraction of sp³-hybridized carbons (Fsp3) is 0.933. The number of aliphatic hydroxyl groups excluding tert-OH is 3. The van der Waals surface area contributed by atoms with Gasteiger partial charge in [-0.05, 0) is 105 Å². The number of allylic oxidation sites excluding steroid dienone is 2. The lowest BCUT2D eigenvalue weighted by molar-refractivity contribution is -0.0992. The van der Waals surface area contributed by atoms with Crippen molar-refractivity contribution < 1.29 is 20.4 Å². The van der Waals surface area contributed by atoms with Crippen molar-refractivity contribution >= 4 is 0 Å². The summed E-state index contributed by atoms with van der Waals surface area (Å²) in [6, 6.07) is 0. The Bertz CT molecular complexity index is 824. The maximum atomic E-state index is 11.1. The third kappa shape index (κ3) is 3.68. The van der Waals surface area contributed by atoms with Crippen LogP contribution in [0.15, 0.2) is 11.1 Å². The average molecular weight is 477 g/mol. The number of fused-ring (bicyclic) bond motifs is 4. The monoisotopic (exact) mass is 476 g/mol. The van der Waals surface area contributed by atoms with Crippen molar-refractivity contribution in [1.82, 2.24) is 0 Å². The van der Waals surface area contributed by atoms with Crippen LogP contribution in [-0.2, 0) is 0 Å². The highest BCUT2D eigenvalue weighted by Crippen LogP contribution is 2.72. The summed E-state index contributed by atoms with van der Waals surface area (Å²) in [5, 5.41) is 42.5. The maximum absolute atomic E-state index is 11.1. The lowest BCUT2D eigenvalue weighted by Crippen LogP contribution is -2.55. The van der Waals surface area contributed by atoms with E-state index in [4.69, 9.17) is 0 Å². The first kappa shape index (κ1) is 26.6. The van der Waals surface area contributed by atoms with Crippen LogP contribution in [-0.4, -0.2) is 44.3 Å². The summed E-state index contributed by atoms with van der Waals surface area (Å²) < 4.78 is 0. The van der Waals surface area contributed by atoms with Crippen LogP contribution < -0.4 is 0 Å². The lowest BCUT2D eigenvalue weighted by atomic mass is 9.43. The quantitative estimate of drug-likeness (QED) is 0.389. The molecule has 4 rings (SSSR count). The lowest BCUT2D eigenvalue weighted by Gasteiger charge is -2.62. The third-order valence-electron chi connectivity index (χ3n) is 12.3. The Labute approximate surface area is 208 Å². The van der Waals surface area contributed by atoms with Crippen molar-refractivity contribution in [3.05, 3.63) is 11.1 Å². The second-order valence-electron chi connectivity index (χ2n) is 14.6. The van der Waals surface area contributed by atoms with Gasteiger partial charge >= 0.3 is 0 Å². The van der Waals surface area contributed by atoms with Crippen molar-refractivity contribution in [1.29, 1.82) is 0 Å². The Morgan fingerprint density at radius 1 is 0.912 bits per heavy atom. The van der Waals surface area contributed by atoms with E-state index in [-0.39, 0.29) is 40.1 Å². The van der Waals surface area contributed by atoms with Crippen LogP contribution in [0, 0.1) is 39.4 Å². The largest absolute Gasteiger partial charge is 0.393 e. The maximum Gasteiger partial charge on any atom is 0.0850 e. The molecule has 0 heterocycles. The Morgan fingerprint density at radius 3 is 2.18 bits per heavy atom. The first-order valence-corrected chi connectivity index (χ1v) is 14.0. The molecule has 34 heavy (non-hydrogen) atoms. The standard InChI is InChI=1S/C30H52O4/c1-18(22(31)17-25(33)27(4,5)34)19-11-15-30(8)21-9-10-23-26(2,3)24(32)13-14-28(23,6)20(21)12-16-29(19,30)7/h18-19,22-25,31-34H,9-17H2,1-8H3/t18-,19?,22?,23?,24-,25?,28+,29+,30-/m0/s1. The predicted molar refractivity (Wildman–Crippen MR) is 137 cm³/mol. The van der Waals surface area contributed by atoms with E-state index in [1.165, 1.54) is 12.8 Å². The van der Waals surface area contributed by atoms with Gasteiger partial charge in [-0.3, -0.25) is 0 Å². The molecule has 0 bridgehead atoms. The molecule has 4 nitrogen and oxygen atoms in total. The van der Waals surface area contributed by atoms with Crippen LogP contribution in [0.5, 0.6) is 0 Å². The number of hydrogen-bond acceptors (Lipinski definition) is 4. The summed E-state index contributed by atoms with van der Waals surface area (Å²) >= 11 is 0. The van der Waals surface area contributed by atoms with Gasteiger partial charge in [0.15, 0.2) is 0 Å². The molecular formula is C30H52O4. The van der Waals surface area contributed by atoms with E-state index in [2.05, 4.69) is 41.5 Å². The summed E-state index contributed by atoms with van der Waals surface area (Å²) in [4.78, 5) is 0. The molecule has 4 N–H and O–H groups in total. The van der Waals surface area contributed by atoms with Crippen LogP contribution in [0.25, 0.3) is 0 Å². The van der Waals surface area contributed by atoms with Crippen molar-refractivity contribution in [3.8, 4) is 0 Å². The molecule has 2 saturated carbocycles. The van der Waals surface area contributed by atoms with Crippen molar-refractivity contribution in [2.24, 2.45) is 39.4 Å². The molecule has 0 aliphatic heterocycles. The zero-order chi connectivity index (χ0) is 25.5. The van der Waals surface area contributed by atoms with Crippen LogP contribution in [0.2, 0.25) is 0 Å². The van der Waals surface area contributed by atoms with E-state index >= 15 is 0 Å². The van der Waals surface area contributed by atoms with Gasteiger partial charge < -0.3 is 20.4 Å². The number of hydrogen-bond donors (Lipinski definition) is 4. The molecule has 4 aliphatic rings. The molecule has 0 amide bonds. The highest BCUT2D eigenvalue weighted by Gasteiger charge is 2.63. The van der Waals surface area contributed by atoms with Gasteiger partial charge in [0, 0.05) is 6.42 Å². The van der Waals surface area contributed by atoms with E-state index in [0.717, 1.165) is 38.5 Å². The SMILES string of the molecule is C[C@H](C(O)CC(O)C(C)(C)O)C1CC[C@@]2(C)C3=C(CC[C@]12C)[C@@]1(C)CC[C@H](O)C(C)(C)C1CC3. The van der Waals surface area contributed by atoms with Crippen LogP contribution in [0.3, 0.4) is 0 Å². The van der Waals surface area contributed by atoms with Crippen LogP contribution >= 0.6 is 0 Å². The second kappa shape index (κ2) is 8.30. The molecule has 0 spiro atoms. The number of rotatable bonds is 5. The van der Waals surface area contributed by atoms with Crippen molar-refractivity contribution in [3.63, 3.8) is 0 Å². The van der Waals surface area contributed by atoms with E-state index in [9.17, 15) is 20.4 Å². The smallest absolute Gasteiger partial charge is 0.0850 e. The Balaban J connectivity index is 1.63. The molecule has 4 heteroatoms. The molecule has 2 fully saturated rings. The fourth-order valence-electron chi connectivity index (χ4n) is 9.56. The Kier molecular flexibility index (Phi) is 6.50. The molecule has 0 saturated heterocycles. The minimum absolute atomic E-state index is 0.0364. The van der Waals surface area contributed by atoms with Gasteiger partial charge in [0.25, 0.3) is 0 Å². The van der Waals surface area contributed by atoms with E-state index in [1.54, 1.807) is 25.0 Å². The summed E-state index contributed by atoms with van der Waals surface area (Å²) in [5.41, 5.74) is 2.69. The topological polar surface area (TPSA) is 80.9 Å². The molecule has 0 aromatic carbocycles. The molecule has 4 aliphatic carbocycles. The summed E-state index contributed by atoms with van der Waals surface area (Å²) in [7, 11) is 0. The zero-order valence-corrected chi connectivity index (χ0v) is 23.1. The second-order valence-corrected chi connectivity index (χ2v) is 14.6. The van der Waals surface area contributed by atoms with Crippen molar-refractivity contribution in [2.45, 2.75) is 137 Å². The molecule has 0 aromatic heterocycles. The molecule has 9 atom stereocenters. The zero-order valence-electron chi connectivity index (χ0n) is 23.1. The van der Waals surface area contributed by atoms with Gasteiger partial charge in [0.1, 0.15) is 0 Å². The minimum atomic E-state index is -1.20. The summed E-state index contributed by atoms with van der Waals surface area (Å²) in [6.07, 6.45) is 7.40. The van der Waals surface area contributed by atoms with Crippen molar-refractivity contribution in [2.75, 3.05) is 0 Å². The summed E-state index contributed by atoms with van der Waals surface area (Å²) in [6.45, 7) is 17.5. The van der Waals surface area contributed by atoms with Crippen LogP contribution in [0.1, 0.15) is 113 Å². The third-order valence-corrected chi connectivity index (χ3v) is 12.3. The first-order valence-electron chi connectivity index (χ1n) is 14.0. The fourth-order valence-corrected chi connectivity index (χ4v) is 9.56. The highest BCUT2D eigenvalue weighted by atomic mass is 16.3. The van der Waals surface area contributed by atoms with E-state index in [1.807, 2.05) is 0 Å². The molecule has 0 radical (unpaired) electrons. The number of aliphatic hydroxyl groups is 4. The molecule has 0 aromatic rings. The highest BCUT2D eigenvalue weighted by molar-refractivity contribution is 5.38. The first-order chi connectivity index (χ1) is 15.5. The minimum Gasteiger partial charge on any atom is -0.393 e. The predicted octanol–water partition coefficient (Wildman–Crippen LogP) is 5.62. The van der Waals surface area contributed by atoms with Gasteiger partial charge in [-0.1, -0.05) is 52.7 Å². The van der Waals surface area contributed by atoms with Gasteiger partial charge in [-0.2, -0.15) is 0 Å².